The van der Waals surface area contributed by atoms with Crippen LogP contribution in [0.1, 0.15) is 36.1 Å². The Kier molecular flexibility index (Phi) is 8.37. The van der Waals surface area contributed by atoms with E-state index in [2.05, 4.69) is 193 Å². The number of benzene rings is 11. The third kappa shape index (κ3) is 5.75. The molecule has 2 atom stereocenters. The number of aliphatic imine (C=N–C) groups is 2. The van der Waals surface area contributed by atoms with Gasteiger partial charge in [0, 0.05) is 74.9 Å². The number of nitrogens with zero attached hydrogens (tertiary/aromatic N) is 3. The van der Waals surface area contributed by atoms with Gasteiger partial charge in [0.25, 0.3) is 0 Å². The molecule has 0 spiro atoms. The average molecular weight is 940 g/mol. The molecule has 5 nitrogen and oxygen atoms in total. The summed E-state index contributed by atoms with van der Waals surface area (Å²) in [4.78, 5) is 11.6. The number of aromatic nitrogens is 1. The van der Waals surface area contributed by atoms with Crippen LogP contribution in [0.3, 0.4) is 0 Å². The van der Waals surface area contributed by atoms with Crippen LogP contribution in [0.2, 0.25) is 0 Å². The molecule has 2 unspecified atom stereocenters. The lowest BCUT2D eigenvalue weighted by molar-refractivity contribution is 0.532. The first kappa shape index (κ1) is 39.9. The minimum absolute atomic E-state index is 0.0340. The molecule has 0 amide bonds. The summed E-state index contributed by atoms with van der Waals surface area (Å²) >= 11 is 1.86. The minimum Gasteiger partial charge on any atom is -0.456 e. The largest absolute Gasteiger partial charge is 0.456 e. The van der Waals surface area contributed by atoms with Gasteiger partial charge in [-0.3, -0.25) is 4.99 Å². The van der Waals surface area contributed by atoms with Crippen LogP contribution >= 0.6 is 11.3 Å². The molecule has 5 heterocycles. The second-order valence-corrected chi connectivity index (χ2v) is 20.5. The highest BCUT2D eigenvalue weighted by molar-refractivity contribution is 7.26. The summed E-state index contributed by atoms with van der Waals surface area (Å²) in [7, 11) is 0. The smallest absolute Gasteiger partial charge is 0.155 e. The van der Waals surface area contributed by atoms with Crippen molar-refractivity contribution in [2.45, 2.75) is 19.4 Å². The topological polar surface area (TPSA) is 55.9 Å². The standard InChI is InChI=1S/C66H41N3O2S/c1-2-44-62(41-25-27-49-47-19-9-11-21-56(47)70-58(49)34-41)67-66(68-63(44)42-26-28-50-48-20-10-12-22-57(48)71-59(50)35-42)43-33-55(61-52-30-24-38-14-6-8-18-46(38)65(52)72-60(61)36-43)69-54-32-40-16-4-3-15-39(40)31-53(54)51-29-23-37-13-5-7-17-45(37)64(51)69/h3-36,44,62H,2H2,1H3. The molecule has 1 aliphatic heterocycles. The fourth-order valence-electron chi connectivity index (χ4n) is 12.2. The van der Waals surface area contributed by atoms with Gasteiger partial charge in [0.05, 0.1) is 28.5 Å². The van der Waals surface area contributed by atoms with Crippen molar-refractivity contribution >= 4 is 141 Å². The lowest BCUT2D eigenvalue weighted by Crippen LogP contribution is -2.28. The molecule has 4 aromatic heterocycles. The second kappa shape index (κ2) is 15.1. The molecule has 0 N–H and O–H groups in total. The van der Waals surface area contributed by atoms with Crippen molar-refractivity contribution in [2.24, 2.45) is 15.9 Å². The van der Waals surface area contributed by atoms with Gasteiger partial charge in [0.1, 0.15) is 22.3 Å². The Balaban J connectivity index is 1.01. The number of furan rings is 2. The highest BCUT2D eigenvalue weighted by Gasteiger charge is 2.33. The van der Waals surface area contributed by atoms with Gasteiger partial charge < -0.3 is 13.4 Å². The molecular formula is C66H41N3O2S. The molecule has 338 valence electrons. The van der Waals surface area contributed by atoms with Crippen LogP contribution in [0.5, 0.6) is 0 Å². The predicted octanol–water partition coefficient (Wildman–Crippen LogP) is 18.4. The van der Waals surface area contributed by atoms with E-state index in [0.717, 1.165) is 83.9 Å². The summed E-state index contributed by atoms with van der Waals surface area (Å²) in [6.45, 7) is 2.26. The van der Waals surface area contributed by atoms with Gasteiger partial charge in [0.15, 0.2) is 5.84 Å². The Morgan fingerprint density at radius 3 is 1.82 bits per heavy atom. The summed E-state index contributed by atoms with van der Waals surface area (Å²) in [5, 5.41) is 16.7. The molecule has 0 radical (unpaired) electrons. The molecule has 72 heavy (non-hydrogen) atoms. The molecule has 0 saturated carbocycles. The van der Waals surface area contributed by atoms with Gasteiger partial charge in [-0.2, -0.15) is 0 Å². The van der Waals surface area contributed by atoms with Crippen molar-refractivity contribution in [3.63, 3.8) is 0 Å². The lowest BCUT2D eigenvalue weighted by Gasteiger charge is -2.30. The van der Waals surface area contributed by atoms with E-state index in [4.69, 9.17) is 18.8 Å². The average Bonchev–Trinajstić information content (AvgIpc) is 4.20. The Labute approximate surface area is 416 Å². The minimum atomic E-state index is -0.254. The van der Waals surface area contributed by atoms with Gasteiger partial charge >= 0.3 is 0 Å². The maximum Gasteiger partial charge on any atom is 0.155 e. The van der Waals surface area contributed by atoms with E-state index in [1.165, 1.54) is 68.8 Å². The van der Waals surface area contributed by atoms with Crippen molar-refractivity contribution in [2.75, 3.05) is 0 Å². The number of hydrogen-bond donors (Lipinski definition) is 0. The van der Waals surface area contributed by atoms with E-state index >= 15 is 0 Å². The molecule has 6 heteroatoms. The van der Waals surface area contributed by atoms with Crippen molar-refractivity contribution in [1.82, 2.24) is 4.57 Å². The number of hydrogen-bond acceptors (Lipinski definition) is 5. The molecule has 1 aliphatic rings. The zero-order valence-electron chi connectivity index (χ0n) is 39.1. The van der Waals surface area contributed by atoms with Gasteiger partial charge in [-0.1, -0.05) is 159 Å². The zero-order chi connectivity index (χ0) is 47.2. The van der Waals surface area contributed by atoms with Crippen molar-refractivity contribution < 1.29 is 8.83 Å². The summed E-state index contributed by atoms with van der Waals surface area (Å²) in [6.07, 6.45) is 0.826. The van der Waals surface area contributed by atoms with E-state index in [1.54, 1.807) is 0 Å². The van der Waals surface area contributed by atoms with Gasteiger partial charge in [-0.25, -0.2) is 4.99 Å². The Morgan fingerprint density at radius 2 is 1.07 bits per heavy atom. The summed E-state index contributed by atoms with van der Waals surface area (Å²) in [6, 6.07) is 74.7. The molecule has 11 aromatic carbocycles. The van der Waals surface area contributed by atoms with Crippen LogP contribution < -0.4 is 0 Å². The van der Waals surface area contributed by atoms with Crippen molar-refractivity contribution in [3.05, 3.63) is 223 Å². The monoisotopic (exact) mass is 939 g/mol. The zero-order valence-corrected chi connectivity index (χ0v) is 39.9. The van der Waals surface area contributed by atoms with E-state index in [0.29, 0.717) is 5.84 Å². The molecule has 15 aromatic rings. The first-order chi connectivity index (χ1) is 35.6. The Morgan fingerprint density at radius 1 is 0.472 bits per heavy atom. The summed E-state index contributed by atoms with van der Waals surface area (Å²) in [5.74, 6) is 0.670. The lowest BCUT2D eigenvalue weighted by atomic mass is 9.82. The fraction of sp³-hybridized carbons (Fsp3) is 0.0606. The third-order valence-corrected chi connectivity index (χ3v) is 16.7. The maximum absolute atomic E-state index is 6.55. The van der Waals surface area contributed by atoms with Crippen molar-refractivity contribution in [1.29, 1.82) is 0 Å². The van der Waals surface area contributed by atoms with Crippen LogP contribution in [0.25, 0.3) is 124 Å². The van der Waals surface area contributed by atoms with E-state index < -0.39 is 0 Å². The molecule has 0 bridgehead atoms. The number of amidine groups is 1. The fourth-order valence-corrected chi connectivity index (χ4v) is 13.5. The number of thiophene rings is 1. The molecule has 0 saturated heterocycles. The van der Waals surface area contributed by atoms with Crippen LogP contribution in [-0.2, 0) is 0 Å². The van der Waals surface area contributed by atoms with Gasteiger partial charge in [-0.05, 0) is 93.5 Å². The number of rotatable bonds is 5. The molecule has 0 aliphatic carbocycles. The van der Waals surface area contributed by atoms with Crippen LogP contribution in [0.15, 0.2) is 225 Å². The predicted molar refractivity (Wildman–Crippen MR) is 303 cm³/mol. The maximum atomic E-state index is 6.55. The van der Waals surface area contributed by atoms with Gasteiger partial charge in [-0.15, -0.1) is 11.3 Å². The third-order valence-electron chi connectivity index (χ3n) is 15.5. The molecule has 0 fully saturated rings. The summed E-state index contributed by atoms with van der Waals surface area (Å²) in [5.41, 5.74) is 11.0. The van der Waals surface area contributed by atoms with Crippen LogP contribution in [0, 0.1) is 5.92 Å². The molecule has 16 rings (SSSR count). The SMILES string of the molecule is CCC1C(c2ccc3c(c2)oc2ccccc23)=NC(c2cc(-n3c4cc5ccccc5cc4c4ccc5ccccc5c43)c3c(c2)sc2c4ccccc4ccc23)=NC1c1ccc2c(c1)oc1ccccc12. The first-order valence-corrected chi connectivity index (χ1v) is 25.7. The quantitative estimate of drug-likeness (QED) is 0.173. The highest BCUT2D eigenvalue weighted by atomic mass is 32.1. The van der Waals surface area contributed by atoms with Crippen LogP contribution in [0.4, 0.5) is 0 Å². The normalized spacial score (nSPS) is 15.5. The van der Waals surface area contributed by atoms with E-state index in [9.17, 15) is 0 Å². The van der Waals surface area contributed by atoms with Gasteiger partial charge in [0.2, 0.25) is 0 Å². The number of para-hydroxylation sites is 2. The number of fused-ring (bicyclic) bond motifs is 17. The van der Waals surface area contributed by atoms with E-state index in [1.807, 2.05) is 35.6 Å². The van der Waals surface area contributed by atoms with E-state index in [-0.39, 0.29) is 12.0 Å². The highest BCUT2D eigenvalue weighted by Crippen LogP contribution is 2.47. The Hall–Kier alpha value is -8.84. The summed E-state index contributed by atoms with van der Waals surface area (Å²) < 4.78 is 18.1. The second-order valence-electron chi connectivity index (χ2n) is 19.4. The Bertz CT molecular complexity index is 4890. The first-order valence-electron chi connectivity index (χ1n) is 24.8. The van der Waals surface area contributed by atoms with Crippen molar-refractivity contribution in [3.8, 4) is 5.69 Å². The molecular weight excluding hydrogens is 899 g/mol. The van der Waals surface area contributed by atoms with Crippen LogP contribution in [-0.4, -0.2) is 16.1 Å².